The molecule has 0 unspecified atom stereocenters. The minimum absolute atomic E-state index is 1.14. The van der Waals surface area contributed by atoms with E-state index in [2.05, 4.69) is 176 Å². The van der Waals surface area contributed by atoms with E-state index < -0.39 is 0 Å². The number of benzene rings is 5. The van der Waals surface area contributed by atoms with Crippen LogP contribution in [0.3, 0.4) is 0 Å². The Balaban J connectivity index is 1.47. The summed E-state index contributed by atoms with van der Waals surface area (Å²) in [5.41, 5.74) is 18.8. The Bertz CT molecular complexity index is 1700. The minimum atomic E-state index is 1.14. The number of nitrogens with zero attached hydrogens (tertiary/aromatic N) is 1. The van der Waals surface area contributed by atoms with Crippen molar-refractivity contribution in [2.75, 3.05) is 4.90 Å². The second-order valence-electron chi connectivity index (χ2n) is 12.1. The lowest BCUT2D eigenvalue weighted by Crippen LogP contribution is -2.11. The normalized spacial score (nSPS) is 12.0. The number of hydrogen-bond donors (Lipinski definition) is 0. The molecule has 0 spiro atoms. The molecule has 0 aliphatic rings. The quantitative estimate of drug-likeness (QED) is 0.179. The summed E-state index contributed by atoms with van der Waals surface area (Å²) in [6, 6.07) is 37.9. The smallest absolute Gasteiger partial charge is 0.0490 e. The molecule has 43 heavy (non-hydrogen) atoms. The van der Waals surface area contributed by atoms with E-state index in [0.29, 0.717) is 0 Å². The first-order chi connectivity index (χ1) is 20.6. The summed E-state index contributed by atoms with van der Waals surface area (Å²) < 4.78 is 0. The Hall–Kier alpha value is -4.62. The minimum Gasteiger partial charge on any atom is -0.310 e. The van der Waals surface area contributed by atoms with Crippen LogP contribution in [0.25, 0.3) is 23.3 Å². The van der Waals surface area contributed by atoms with Crippen LogP contribution < -0.4 is 4.90 Å². The highest BCUT2D eigenvalue weighted by Crippen LogP contribution is 2.37. The molecule has 0 saturated heterocycles. The largest absolute Gasteiger partial charge is 0.310 e. The fourth-order valence-electron chi connectivity index (χ4n) is 5.56. The van der Waals surface area contributed by atoms with Crippen molar-refractivity contribution in [3.63, 3.8) is 0 Å². The van der Waals surface area contributed by atoms with Crippen molar-refractivity contribution in [2.45, 2.75) is 55.4 Å². The molecule has 0 aliphatic carbocycles. The Morgan fingerprint density at radius 3 is 1.28 bits per heavy atom. The van der Waals surface area contributed by atoms with Crippen molar-refractivity contribution in [3.05, 3.63) is 159 Å². The summed E-state index contributed by atoms with van der Waals surface area (Å²) in [6.45, 7) is 17.4. The molecule has 0 radical (unpaired) electrons. The molecule has 0 amide bonds. The number of hydrogen-bond acceptors (Lipinski definition) is 1. The van der Waals surface area contributed by atoms with Gasteiger partial charge in [0.25, 0.3) is 0 Å². The van der Waals surface area contributed by atoms with Crippen LogP contribution in [0.15, 0.2) is 103 Å². The summed E-state index contributed by atoms with van der Waals surface area (Å²) in [7, 11) is 0. The Morgan fingerprint density at radius 2 is 0.884 bits per heavy atom. The van der Waals surface area contributed by atoms with Gasteiger partial charge in [-0.25, -0.2) is 0 Å². The van der Waals surface area contributed by atoms with Crippen LogP contribution >= 0.6 is 0 Å². The zero-order valence-corrected chi connectivity index (χ0v) is 26.9. The van der Waals surface area contributed by atoms with Crippen LogP contribution in [0.1, 0.15) is 69.5 Å². The maximum absolute atomic E-state index is 2.36. The summed E-state index contributed by atoms with van der Waals surface area (Å²) >= 11 is 0. The van der Waals surface area contributed by atoms with Crippen LogP contribution in [0.2, 0.25) is 0 Å². The molecule has 0 aliphatic heterocycles. The monoisotopic (exact) mass is 561 g/mol. The summed E-state index contributed by atoms with van der Waals surface area (Å²) in [5, 5.41) is 0. The van der Waals surface area contributed by atoms with Crippen molar-refractivity contribution in [1.29, 1.82) is 0 Å². The third kappa shape index (κ3) is 6.89. The van der Waals surface area contributed by atoms with Crippen molar-refractivity contribution in [1.82, 2.24) is 0 Å². The van der Waals surface area contributed by atoms with Gasteiger partial charge in [-0.2, -0.15) is 0 Å². The maximum Gasteiger partial charge on any atom is 0.0490 e. The van der Waals surface area contributed by atoms with Gasteiger partial charge in [0, 0.05) is 17.1 Å². The summed E-state index contributed by atoms with van der Waals surface area (Å²) in [6.07, 6.45) is 4.54. The van der Waals surface area contributed by atoms with Gasteiger partial charge in [0.2, 0.25) is 0 Å². The highest BCUT2D eigenvalue weighted by molar-refractivity contribution is 5.84. The molecule has 0 N–H and O–H groups in total. The van der Waals surface area contributed by atoms with Gasteiger partial charge in [-0.15, -0.1) is 0 Å². The number of aryl methyl sites for hydroxylation is 6. The van der Waals surface area contributed by atoms with Crippen molar-refractivity contribution in [3.8, 4) is 0 Å². The highest BCUT2D eigenvalue weighted by Gasteiger charge is 2.15. The molecule has 0 atom stereocenters. The van der Waals surface area contributed by atoms with Gasteiger partial charge in [-0.3, -0.25) is 0 Å². The van der Waals surface area contributed by atoms with Gasteiger partial charge < -0.3 is 4.90 Å². The fourth-order valence-corrected chi connectivity index (χ4v) is 5.56. The zero-order chi connectivity index (χ0) is 30.7. The van der Waals surface area contributed by atoms with E-state index in [0.717, 1.165) is 11.4 Å². The molecule has 0 heterocycles. The van der Waals surface area contributed by atoms with Gasteiger partial charge in [-0.1, -0.05) is 90.5 Å². The lowest BCUT2D eigenvalue weighted by Gasteiger charge is -2.27. The number of allylic oxidation sites excluding steroid dienone is 2. The maximum atomic E-state index is 2.36. The molecule has 5 aromatic carbocycles. The average molecular weight is 562 g/mol. The molecule has 0 bridgehead atoms. The van der Waals surface area contributed by atoms with Crippen LogP contribution in [0.5, 0.6) is 0 Å². The van der Waals surface area contributed by atoms with Crippen molar-refractivity contribution in [2.24, 2.45) is 0 Å². The van der Waals surface area contributed by atoms with Crippen LogP contribution in [0, 0.1) is 41.5 Å². The summed E-state index contributed by atoms with van der Waals surface area (Å²) in [5.74, 6) is 0. The van der Waals surface area contributed by atoms with Gasteiger partial charge in [-0.05, 0) is 147 Å². The average Bonchev–Trinajstić information content (AvgIpc) is 2.98. The molecule has 0 saturated carbocycles. The Morgan fingerprint density at radius 1 is 0.442 bits per heavy atom. The van der Waals surface area contributed by atoms with E-state index in [1.165, 1.54) is 72.5 Å². The van der Waals surface area contributed by atoms with Gasteiger partial charge >= 0.3 is 0 Å². The lowest BCUT2D eigenvalue weighted by atomic mass is 9.99. The van der Waals surface area contributed by atoms with Crippen LogP contribution in [0.4, 0.5) is 17.1 Å². The molecule has 1 nitrogen and oxygen atoms in total. The number of rotatable bonds is 7. The van der Waals surface area contributed by atoms with Gasteiger partial charge in [0.15, 0.2) is 0 Å². The highest BCUT2D eigenvalue weighted by atomic mass is 15.1. The van der Waals surface area contributed by atoms with E-state index in [-0.39, 0.29) is 0 Å². The van der Waals surface area contributed by atoms with Crippen molar-refractivity contribution >= 4 is 40.4 Å². The molecule has 0 fully saturated rings. The predicted octanol–water partition coefficient (Wildman–Crippen LogP) is 12.1. The molecular weight excluding hydrogens is 518 g/mol. The zero-order valence-electron chi connectivity index (χ0n) is 26.9. The molecular formula is C42H43N. The third-order valence-electron chi connectivity index (χ3n) is 8.59. The first kappa shape index (κ1) is 29.9. The van der Waals surface area contributed by atoms with E-state index in [9.17, 15) is 0 Å². The first-order valence-corrected chi connectivity index (χ1v) is 15.2. The van der Waals surface area contributed by atoms with Gasteiger partial charge in [0.1, 0.15) is 0 Å². The molecule has 5 aromatic rings. The Kier molecular flexibility index (Phi) is 8.83. The molecule has 5 rings (SSSR count). The lowest BCUT2D eigenvalue weighted by molar-refractivity contribution is 1.24. The van der Waals surface area contributed by atoms with E-state index in [1.807, 2.05) is 0 Å². The molecule has 1 heteroatoms. The second-order valence-corrected chi connectivity index (χ2v) is 12.1. The van der Waals surface area contributed by atoms with E-state index >= 15 is 0 Å². The molecule has 0 aromatic heterocycles. The van der Waals surface area contributed by atoms with Crippen LogP contribution in [-0.2, 0) is 0 Å². The first-order valence-electron chi connectivity index (χ1n) is 15.2. The second kappa shape index (κ2) is 12.7. The predicted molar refractivity (Wildman–Crippen MR) is 190 cm³/mol. The Labute approximate surface area is 258 Å². The molecule has 216 valence electrons. The van der Waals surface area contributed by atoms with Crippen molar-refractivity contribution < 1.29 is 0 Å². The third-order valence-corrected chi connectivity index (χ3v) is 8.59. The number of anilines is 3. The van der Waals surface area contributed by atoms with Crippen LogP contribution in [-0.4, -0.2) is 0 Å². The topological polar surface area (TPSA) is 3.24 Å². The van der Waals surface area contributed by atoms with Gasteiger partial charge in [0.05, 0.1) is 0 Å². The summed E-state index contributed by atoms with van der Waals surface area (Å²) in [4.78, 5) is 2.36. The standard InChI is InChI=1S/C42H43N/c1-28-9-22-42(35(8)23-28)43(40-18-12-36(13-19-40)24-33(6)38-16-10-29(2)31(4)26-38)41-20-14-37(15-21-41)25-34(7)39-17-11-30(3)32(5)27-39/h9-27H,1-8H3/b33-24+,34-25+. The SMILES string of the molecule is C/C(=C\c1ccc(N(c2ccc(/C=C(\C)c3ccc(C)c(C)c3)cc2)c2ccc(C)cc2C)cc1)c1ccc(C)c(C)c1. The van der Waals surface area contributed by atoms with E-state index in [4.69, 9.17) is 0 Å². The fraction of sp³-hybridized carbons (Fsp3) is 0.190. The van der Waals surface area contributed by atoms with E-state index in [1.54, 1.807) is 0 Å².